The molecule has 0 atom stereocenters. The molecule has 4 nitrogen and oxygen atoms in total. The van der Waals surface area contributed by atoms with Crippen LogP contribution in [0.4, 0.5) is 11.4 Å². The standard InChI is InChI=1S/C24H15ClN2O2/c25-16-8-13-21-20(14-16)23(24(28)27-21)26-17-9-11-18(12-10-17)29-22-7-3-5-15-4-1-2-6-19(15)22/h1-14H,(H,26,27,28). The molecule has 1 N–H and O–H groups in total. The van der Waals surface area contributed by atoms with Crippen molar-refractivity contribution in [2.75, 3.05) is 5.32 Å². The van der Waals surface area contributed by atoms with Gasteiger partial charge in [-0.15, -0.1) is 0 Å². The summed E-state index contributed by atoms with van der Waals surface area (Å²) in [5.41, 5.74) is 2.44. The lowest BCUT2D eigenvalue weighted by Gasteiger charge is -2.09. The molecule has 5 heteroatoms. The second-order valence-corrected chi connectivity index (χ2v) is 7.11. The predicted octanol–water partition coefficient (Wildman–Crippen LogP) is 6.36. The van der Waals surface area contributed by atoms with Gasteiger partial charge in [0.15, 0.2) is 0 Å². The van der Waals surface area contributed by atoms with Gasteiger partial charge >= 0.3 is 0 Å². The van der Waals surface area contributed by atoms with E-state index in [-0.39, 0.29) is 5.91 Å². The van der Waals surface area contributed by atoms with Gasteiger partial charge in [-0.2, -0.15) is 0 Å². The Morgan fingerprint density at radius 2 is 1.66 bits per heavy atom. The molecule has 1 heterocycles. The van der Waals surface area contributed by atoms with Crippen LogP contribution in [0.1, 0.15) is 5.56 Å². The van der Waals surface area contributed by atoms with Gasteiger partial charge in [0, 0.05) is 16.0 Å². The first-order chi connectivity index (χ1) is 14.2. The Balaban J connectivity index is 1.43. The first kappa shape index (κ1) is 17.5. The largest absolute Gasteiger partial charge is 0.457 e. The van der Waals surface area contributed by atoms with Crippen molar-refractivity contribution >= 4 is 45.4 Å². The van der Waals surface area contributed by atoms with Crippen molar-refractivity contribution in [2.24, 2.45) is 4.99 Å². The number of rotatable bonds is 3. The number of nitrogens with zero attached hydrogens (tertiary/aromatic N) is 1. The van der Waals surface area contributed by atoms with Gasteiger partial charge in [0.1, 0.15) is 17.2 Å². The molecule has 1 amide bonds. The van der Waals surface area contributed by atoms with Crippen LogP contribution in [0.25, 0.3) is 10.8 Å². The summed E-state index contributed by atoms with van der Waals surface area (Å²) in [6, 6.07) is 26.6. The molecule has 1 aliphatic rings. The minimum absolute atomic E-state index is 0.238. The Bertz CT molecular complexity index is 1270. The summed E-state index contributed by atoms with van der Waals surface area (Å²) in [6.45, 7) is 0. The maximum absolute atomic E-state index is 12.3. The van der Waals surface area contributed by atoms with E-state index in [1.165, 1.54) is 0 Å². The maximum Gasteiger partial charge on any atom is 0.275 e. The molecule has 1 aliphatic heterocycles. The molecule has 29 heavy (non-hydrogen) atoms. The third-order valence-electron chi connectivity index (χ3n) is 4.76. The lowest BCUT2D eigenvalue weighted by atomic mass is 10.1. The SMILES string of the molecule is O=C1Nc2ccc(Cl)cc2C1=Nc1ccc(Oc2cccc3ccccc23)cc1. The number of hydrogen-bond donors (Lipinski definition) is 1. The van der Waals surface area contributed by atoms with Gasteiger partial charge in [0.05, 0.1) is 11.4 Å². The Morgan fingerprint density at radius 1 is 0.862 bits per heavy atom. The number of halogens is 1. The van der Waals surface area contributed by atoms with E-state index in [9.17, 15) is 4.79 Å². The topological polar surface area (TPSA) is 50.7 Å². The summed E-state index contributed by atoms with van der Waals surface area (Å²) in [6.07, 6.45) is 0. The molecule has 4 aromatic carbocycles. The molecule has 0 saturated carbocycles. The molecule has 0 saturated heterocycles. The summed E-state index contributed by atoms with van der Waals surface area (Å²) >= 11 is 6.07. The average Bonchev–Trinajstić information content (AvgIpc) is 3.04. The number of amides is 1. The average molecular weight is 399 g/mol. The summed E-state index contributed by atoms with van der Waals surface area (Å²) in [4.78, 5) is 16.8. The van der Waals surface area contributed by atoms with Crippen LogP contribution in [-0.2, 0) is 4.79 Å². The Morgan fingerprint density at radius 3 is 2.52 bits per heavy atom. The van der Waals surface area contributed by atoms with Crippen molar-refractivity contribution in [3.63, 3.8) is 0 Å². The molecule has 140 valence electrons. The van der Waals surface area contributed by atoms with Crippen molar-refractivity contribution in [1.29, 1.82) is 0 Å². The van der Waals surface area contributed by atoms with Gasteiger partial charge in [-0.3, -0.25) is 4.79 Å². The van der Waals surface area contributed by atoms with Crippen LogP contribution in [0.15, 0.2) is 89.9 Å². The van der Waals surface area contributed by atoms with Crippen LogP contribution < -0.4 is 10.1 Å². The molecule has 0 unspecified atom stereocenters. The molecular formula is C24H15ClN2O2. The van der Waals surface area contributed by atoms with Crippen LogP contribution >= 0.6 is 11.6 Å². The number of nitrogens with one attached hydrogen (secondary N) is 1. The molecule has 0 spiro atoms. The van der Waals surface area contributed by atoms with E-state index < -0.39 is 0 Å². The van der Waals surface area contributed by atoms with Crippen molar-refractivity contribution in [3.8, 4) is 11.5 Å². The number of benzene rings is 4. The number of carbonyl (C=O) groups is 1. The number of fused-ring (bicyclic) bond motifs is 2. The number of hydrogen-bond acceptors (Lipinski definition) is 3. The van der Waals surface area contributed by atoms with E-state index in [1.807, 2.05) is 54.6 Å². The molecular weight excluding hydrogens is 384 g/mol. The molecule has 0 aliphatic carbocycles. The molecule has 5 rings (SSSR count). The van der Waals surface area contributed by atoms with Crippen molar-refractivity contribution in [2.45, 2.75) is 0 Å². The molecule has 0 radical (unpaired) electrons. The van der Waals surface area contributed by atoms with Gasteiger partial charge < -0.3 is 10.1 Å². The minimum atomic E-state index is -0.238. The van der Waals surface area contributed by atoms with E-state index in [2.05, 4.69) is 22.4 Å². The Labute approximate surface area is 172 Å². The molecule has 0 aromatic heterocycles. The lowest BCUT2D eigenvalue weighted by molar-refractivity contribution is -0.110. The van der Waals surface area contributed by atoms with Gasteiger partial charge in [-0.25, -0.2) is 4.99 Å². The molecule has 0 bridgehead atoms. The maximum atomic E-state index is 12.3. The van der Waals surface area contributed by atoms with Crippen LogP contribution in [0, 0.1) is 0 Å². The second kappa shape index (κ2) is 7.08. The highest BCUT2D eigenvalue weighted by Gasteiger charge is 2.26. The minimum Gasteiger partial charge on any atom is -0.457 e. The van der Waals surface area contributed by atoms with Crippen LogP contribution in [0.5, 0.6) is 11.5 Å². The number of aliphatic imine (C=N–C) groups is 1. The van der Waals surface area contributed by atoms with Crippen molar-refractivity contribution < 1.29 is 9.53 Å². The third kappa shape index (κ3) is 3.35. The Kier molecular flexibility index (Phi) is 4.26. The Hall–Kier alpha value is -3.63. The summed E-state index contributed by atoms with van der Waals surface area (Å²) < 4.78 is 6.06. The van der Waals surface area contributed by atoms with Gasteiger partial charge in [-0.05, 0) is 53.9 Å². The first-order valence-corrected chi connectivity index (χ1v) is 9.51. The van der Waals surface area contributed by atoms with Crippen LogP contribution in [0.2, 0.25) is 5.02 Å². The van der Waals surface area contributed by atoms with E-state index in [4.69, 9.17) is 16.3 Å². The predicted molar refractivity (Wildman–Crippen MR) is 117 cm³/mol. The normalized spacial score (nSPS) is 14.1. The van der Waals surface area contributed by atoms with Gasteiger partial charge in [0.25, 0.3) is 5.91 Å². The smallest absolute Gasteiger partial charge is 0.275 e. The fraction of sp³-hybridized carbons (Fsp3) is 0. The molecule has 4 aromatic rings. The number of carbonyl (C=O) groups excluding carboxylic acids is 1. The first-order valence-electron chi connectivity index (χ1n) is 9.13. The number of ether oxygens (including phenoxy) is 1. The summed E-state index contributed by atoms with van der Waals surface area (Å²) in [7, 11) is 0. The van der Waals surface area contributed by atoms with Gasteiger partial charge in [0.2, 0.25) is 0 Å². The highest BCUT2D eigenvalue weighted by Crippen LogP contribution is 2.32. The fourth-order valence-electron chi connectivity index (χ4n) is 3.37. The summed E-state index contributed by atoms with van der Waals surface area (Å²) in [5.74, 6) is 1.25. The highest BCUT2D eigenvalue weighted by molar-refractivity contribution is 6.54. The second-order valence-electron chi connectivity index (χ2n) is 6.68. The van der Waals surface area contributed by atoms with E-state index in [1.54, 1.807) is 18.2 Å². The van der Waals surface area contributed by atoms with Crippen molar-refractivity contribution in [3.05, 3.63) is 95.5 Å². The van der Waals surface area contributed by atoms with E-state index >= 15 is 0 Å². The monoisotopic (exact) mass is 398 g/mol. The lowest BCUT2D eigenvalue weighted by Crippen LogP contribution is -2.13. The zero-order valence-corrected chi connectivity index (χ0v) is 16.0. The zero-order valence-electron chi connectivity index (χ0n) is 15.2. The number of anilines is 1. The summed E-state index contributed by atoms with van der Waals surface area (Å²) in [5, 5.41) is 5.54. The van der Waals surface area contributed by atoms with Gasteiger partial charge in [-0.1, -0.05) is 48.0 Å². The molecule has 0 fully saturated rings. The quantitative estimate of drug-likeness (QED) is 0.436. The third-order valence-corrected chi connectivity index (χ3v) is 4.99. The van der Waals surface area contributed by atoms with Crippen LogP contribution in [-0.4, -0.2) is 11.6 Å². The zero-order chi connectivity index (χ0) is 19.8. The van der Waals surface area contributed by atoms with E-state index in [0.29, 0.717) is 33.4 Å². The van der Waals surface area contributed by atoms with E-state index in [0.717, 1.165) is 16.5 Å². The van der Waals surface area contributed by atoms with Crippen molar-refractivity contribution in [1.82, 2.24) is 0 Å². The fourth-order valence-corrected chi connectivity index (χ4v) is 3.54. The highest BCUT2D eigenvalue weighted by atomic mass is 35.5. The van der Waals surface area contributed by atoms with Crippen LogP contribution in [0.3, 0.4) is 0 Å².